The van der Waals surface area contributed by atoms with Crippen LogP contribution in [0.1, 0.15) is 44.1 Å². The van der Waals surface area contributed by atoms with E-state index in [0.717, 1.165) is 18.4 Å². The van der Waals surface area contributed by atoms with E-state index in [1.807, 2.05) is 0 Å². The van der Waals surface area contributed by atoms with Crippen molar-refractivity contribution in [3.8, 4) is 0 Å². The van der Waals surface area contributed by atoms with Gasteiger partial charge in [0.2, 0.25) is 0 Å². The number of nitrogens with two attached hydrogens (primary N) is 1. The summed E-state index contributed by atoms with van der Waals surface area (Å²) in [6, 6.07) is 8.87. The van der Waals surface area contributed by atoms with Crippen molar-refractivity contribution in [2.45, 2.75) is 38.5 Å². The highest BCUT2D eigenvalue weighted by atomic mass is 79.9. The summed E-state index contributed by atoms with van der Waals surface area (Å²) in [7, 11) is 0. The first-order valence-electron chi connectivity index (χ1n) is 6.68. The lowest BCUT2D eigenvalue weighted by Gasteiger charge is -2.35. The maximum Gasteiger partial charge on any atom is 0.0175 e. The minimum absolute atomic E-state index is 0.643. The standard InChI is InChI=1S/C15H22BrN/c1-11(10-17)14-4-2-3-5-15(14)12-6-8-13(16)9-7-12/h6-9,11,14-15H,2-5,10,17H2,1H3. The van der Waals surface area contributed by atoms with Crippen molar-refractivity contribution in [2.75, 3.05) is 6.54 Å². The fourth-order valence-electron chi connectivity index (χ4n) is 3.14. The van der Waals surface area contributed by atoms with Gasteiger partial charge in [0.15, 0.2) is 0 Å². The van der Waals surface area contributed by atoms with E-state index < -0.39 is 0 Å². The van der Waals surface area contributed by atoms with Crippen LogP contribution in [0.25, 0.3) is 0 Å². The molecule has 3 atom stereocenters. The third-order valence-corrected chi connectivity index (χ3v) is 4.75. The SMILES string of the molecule is CC(CN)C1CCCCC1c1ccc(Br)cc1. The average Bonchev–Trinajstić information content (AvgIpc) is 2.39. The van der Waals surface area contributed by atoms with Crippen LogP contribution in [0.15, 0.2) is 28.7 Å². The van der Waals surface area contributed by atoms with Gasteiger partial charge >= 0.3 is 0 Å². The van der Waals surface area contributed by atoms with E-state index in [9.17, 15) is 0 Å². The summed E-state index contributed by atoms with van der Waals surface area (Å²) < 4.78 is 1.17. The molecule has 1 nitrogen and oxygen atoms in total. The van der Waals surface area contributed by atoms with Gasteiger partial charge in [0.1, 0.15) is 0 Å². The zero-order valence-corrected chi connectivity index (χ0v) is 12.1. The maximum atomic E-state index is 5.86. The molecule has 0 radical (unpaired) electrons. The van der Waals surface area contributed by atoms with Gasteiger partial charge in [-0.25, -0.2) is 0 Å². The summed E-state index contributed by atoms with van der Waals surface area (Å²) in [6.07, 6.45) is 5.42. The lowest BCUT2D eigenvalue weighted by Crippen LogP contribution is -2.28. The normalized spacial score (nSPS) is 26.8. The van der Waals surface area contributed by atoms with Crippen molar-refractivity contribution >= 4 is 15.9 Å². The van der Waals surface area contributed by atoms with Gasteiger partial charge in [0.25, 0.3) is 0 Å². The van der Waals surface area contributed by atoms with Crippen molar-refractivity contribution in [3.05, 3.63) is 34.3 Å². The Morgan fingerprint density at radius 1 is 1.24 bits per heavy atom. The minimum Gasteiger partial charge on any atom is -0.330 e. The largest absolute Gasteiger partial charge is 0.330 e. The summed E-state index contributed by atoms with van der Waals surface area (Å²) in [5, 5.41) is 0. The molecule has 1 fully saturated rings. The van der Waals surface area contributed by atoms with Crippen LogP contribution in [0.3, 0.4) is 0 Å². The van der Waals surface area contributed by atoms with Gasteiger partial charge in [0, 0.05) is 4.47 Å². The molecule has 94 valence electrons. The van der Waals surface area contributed by atoms with Crippen molar-refractivity contribution in [2.24, 2.45) is 17.6 Å². The number of benzene rings is 1. The summed E-state index contributed by atoms with van der Waals surface area (Å²) in [6.45, 7) is 3.12. The molecule has 1 saturated carbocycles. The van der Waals surface area contributed by atoms with Crippen LogP contribution in [0.5, 0.6) is 0 Å². The molecule has 0 saturated heterocycles. The van der Waals surface area contributed by atoms with Crippen molar-refractivity contribution < 1.29 is 0 Å². The van der Waals surface area contributed by atoms with Crippen LogP contribution < -0.4 is 5.73 Å². The van der Waals surface area contributed by atoms with Crippen LogP contribution in [0, 0.1) is 11.8 Å². The highest BCUT2D eigenvalue weighted by Crippen LogP contribution is 2.41. The van der Waals surface area contributed by atoms with Crippen LogP contribution in [-0.2, 0) is 0 Å². The fourth-order valence-corrected chi connectivity index (χ4v) is 3.40. The van der Waals surface area contributed by atoms with Crippen LogP contribution in [-0.4, -0.2) is 6.54 Å². The van der Waals surface area contributed by atoms with E-state index in [2.05, 4.69) is 47.1 Å². The Morgan fingerprint density at radius 3 is 2.53 bits per heavy atom. The molecule has 0 bridgehead atoms. The highest BCUT2D eigenvalue weighted by Gasteiger charge is 2.29. The predicted molar refractivity (Wildman–Crippen MR) is 77.1 cm³/mol. The van der Waals surface area contributed by atoms with E-state index in [4.69, 9.17) is 5.73 Å². The first-order chi connectivity index (χ1) is 8.22. The highest BCUT2D eigenvalue weighted by molar-refractivity contribution is 9.10. The molecule has 0 spiro atoms. The van der Waals surface area contributed by atoms with Crippen molar-refractivity contribution in [1.82, 2.24) is 0 Å². The summed E-state index contributed by atoms with van der Waals surface area (Å²) in [5.74, 6) is 2.13. The first kappa shape index (κ1) is 13.1. The van der Waals surface area contributed by atoms with Gasteiger partial charge in [-0.1, -0.05) is 47.8 Å². The first-order valence-corrected chi connectivity index (χ1v) is 7.47. The molecule has 2 N–H and O–H groups in total. The molecule has 0 heterocycles. The Balaban J connectivity index is 2.18. The van der Waals surface area contributed by atoms with Crippen LogP contribution in [0.4, 0.5) is 0 Å². The number of rotatable bonds is 3. The Bertz CT molecular complexity index is 346. The fraction of sp³-hybridized carbons (Fsp3) is 0.600. The second-order valence-electron chi connectivity index (χ2n) is 5.32. The molecule has 0 aliphatic heterocycles. The van der Waals surface area contributed by atoms with Gasteiger partial charge in [0.05, 0.1) is 0 Å². The molecular formula is C15H22BrN. The van der Waals surface area contributed by atoms with Crippen molar-refractivity contribution in [1.29, 1.82) is 0 Å². The average molecular weight is 296 g/mol. The molecular weight excluding hydrogens is 274 g/mol. The monoisotopic (exact) mass is 295 g/mol. The number of halogens is 1. The van der Waals surface area contributed by atoms with Crippen molar-refractivity contribution in [3.63, 3.8) is 0 Å². The molecule has 1 aromatic carbocycles. The molecule has 0 amide bonds. The molecule has 2 rings (SSSR count). The van der Waals surface area contributed by atoms with Gasteiger partial charge in [-0.3, -0.25) is 0 Å². The molecule has 1 aromatic rings. The van der Waals surface area contributed by atoms with Crippen LogP contribution >= 0.6 is 15.9 Å². The van der Waals surface area contributed by atoms with Gasteiger partial charge in [-0.05, 0) is 54.8 Å². The molecule has 17 heavy (non-hydrogen) atoms. The van der Waals surface area contributed by atoms with E-state index in [0.29, 0.717) is 5.92 Å². The zero-order chi connectivity index (χ0) is 12.3. The summed E-state index contributed by atoms with van der Waals surface area (Å²) in [4.78, 5) is 0. The maximum absolute atomic E-state index is 5.86. The molecule has 3 unspecified atom stereocenters. The van der Waals surface area contributed by atoms with E-state index in [-0.39, 0.29) is 0 Å². The summed E-state index contributed by atoms with van der Waals surface area (Å²) >= 11 is 3.51. The second-order valence-corrected chi connectivity index (χ2v) is 6.24. The molecule has 1 aliphatic rings. The third-order valence-electron chi connectivity index (χ3n) is 4.22. The van der Waals surface area contributed by atoms with E-state index >= 15 is 0 Å². The minimum atomic E-state index is 0.643. The topological polar surface area (TPSA) is 26.0 Å². The Morgan fingerprint density at radius 2 is 1.88 bits per heavy atom. The third kappa shape index (κ3) is 3.11. The zero-order valence-electron chi connectivity index (χ0n) is 10.5. The number of hydrogen-bond donors (Lipinski definition) is 1. The molecule has 0 aromatic heterocycles. The lowest BCUT2D eigenvalue weighted by atomic mass is 9.70. The van der Waals surface area contributed by atoms with Crippen LogP contribution in [0.2, 0.25) is 0 Å². The lowest BCUT2D eigenvalue weighted by molar-refractivity contribution is 0.229. The second kappa shape index (κ2) is 6.01. The molecule has 2 heteroatoms. The van der Waals surface area contributed by atoms with E-state index in [1.165, 1.54) is 35.7 Å². The smallest absolute Gasteiger partial charge is 0.0175 e. The van der Waals surface area contributed by atoms with Gasteiger partial charge in [-0.2, -0.15) is 0 Å². The van der Waals surface area contributed by atoms with Gasteiger partial charge in [-0.15, -0.1) is 0 Å². The summed E-state index contributed by atoms with van der Waals surface area (Å²) in [5.41, 5.74) is 7.36. The molecule has 1 aliphatic carbocycles. The Hall–Kier alpha value is -0.340. The Kier molecular flexibility index (Phi) is 4.63. The Labute approximate surface area is 113 Å². The quantitative estimate of drug-likeness (QED) is 0.883. The van der Waals surface area contributed by atoms with Gasteiger partial charge < -0.3 is 5.73 Å². The van der Waals surface area contributed by atoms with E-state index in [1.54, 1.807) is 0 Å². The number of hydrogen-bond acceptors (Lipinski definition) is 1. The predicted octanol–water partition coefficient (Wildman–Crippen LogP) is 4.32.